The summed E-state index contributed by atoms with van der Waals surface area (Å²) < 4.78 is 5.52. The molecule has 0 spiro atoms. The summed E-state index contributed by atoms with van der Waals surface area (Å²) in [6.07, 6.45) is 0. The van der Waals surface area contributed by atoms with E-state index in [4.69, 9.17) is 4.42 Å². The van der Waals surface area contributed by atoms with Crippen LogP contribution in [0.25, 0.3) is 11.1 Å². The van der Waals surface area contributed by atoms with Gasteiger partial charge in [-0.15, -0.1) is 0 Å². The lowest BCUT2D eigenvalue weighted by molar-refractivity contribution is 0.505. The molecule has 1 aromatic heterocycles. The Balaban J connectivity index is 2.60. The van der Waals surface area contributed by atoms with Gasteiger partial charge in [0.05, 0.1) is 0 Å². The van der Waals surface area contributed by atoms with E-state index < -0.39 is 0 Å². The van der Waals surface area contributed by atoms with Crippen LogP contribution >= 0.6 is 0 Å². The van der Waals surface area contributed by atoms with Crippen LogP contribution < -0.4 is 0 Å². The summed E-state index contributed by atoms with van der Waals surface area (Å²) in [7, 11) is 0. The van der Waals surface area contributed by atoms with Gasteiger partial charge < -0.3 is 4.42 Å². The Morgan fingerprint density at radius 1 is 0.929 bits per heavy atom. The molecule has 0 radical (unpaired) electrons. The van der Waals surface area contributed by atoms with E-state index in [0.717, 1.165) is 11.5 Å². The number of aryl methyl sites for hydroxylation is 3. The highest BCUT2D eigenvalue weighted by molar-refractivity contribution is 5.69. The van der Waals surface area contributed by atoms with Gasteiger partial charge in [0.2, 0.25) is 0 Å². The van der Waals surface area contributed by atoms with Crippen molar-refractivity contribution in [3.63, 3.8) is 0 Å². The summed E-state index contributed by atoms with van der Waals surface area (Å²) in [6, 6.07) is 10.5. The van der Waals surface area contributed by atoms with E-state index in [0.29, 0.717) is 0 Å². The molecule has 0 unspecified atom stereocenters. The third kappa shape index (κ3) is 1.46. The minimum absolute atomic E-state index is 0.973. The van der Waals surface area contributed by atoms with Gasteiger partial charge in [0.15, 0.2) is 0 Å². The summed E-state index contributed by atoms with van der Waals surface area (Å²) in [5.74, 6) is 1.97. The molecule has 0 saturated heterocycles. The minimum Gasteiger partial charge on any atom is -0.466 e. The fourth-order valence-electron chi connectivity index (χ4n) is 1.77. The summed E-state index contributed by atoms with van der Waals surface area (Å²) in [4.78, 5) is 0. The van der Waals surface area contributed by atoms with Crippen molar-refractivity contribution in [1.29, 1.82) is 0 Å². The van der Waals surface area contributed by atoms with Crippen LogP contribution in [0.2, 0.25) is 0 Å². The van der Waals surface area contributed by atoms with Crippen molar-refractivity contribution in [2.75, 3.05) is 0 Å². The van der Waals surface area contributed by atoms with Gasteiger partial charge in [-0.1, -0.05) is 24.3 Å². The maximum Gasteiger partial charge on any atom is 0.108 e. The Kier molecular flexibility index (Phi) is 2.16. The molecule has 0 aliphatic heterocycles. The summed E-state index contributed by atoms with van der Waals surface area (Å²) in [5.41, 5.74) is 3.76. The summed E-state index contributed by atoms with van der Waals surface area (Å²) in [6.45, 7) is 6.11. The van der Waals surface area contributed by atoms with Crippen molar-refractivity contribution in [2.24, 2.45) is 0 Å². The van der Waals surface area contributed by atoms with Gasteiger partial charge in [-0.2, -0.15) is 0 Å². The first-order valence-corrected chi connectivity index (χ1v) is 4.81. The van der Waals surface area contributed by atoms with Gasteiger partial charge in [0.25, 0.3) is 0 Å². The third-order valence-electron chi connectivity index (χ3n) is 2.48. The monoisotopic (exact) mass is 186 g/mol. The Morgan fingerprint density at radius 2 is 1.64 bits per heavy atom. The topological polar surface area (TPSA) is 13.1 Å². The molecule has 0 amide bonds. The van der Waals surface area contributed by atoms with Gasteiger partial charge in [0.1, 0.15) is 11.5 Å². The normalized spacial score (nSPS) is 10.5. The minimum atomic E-state index is 0.973. The van der Waals surface area contributed by atoms with E-state index in [2.05, 4.69) is 37.3 Å². The first-order chi connectivity index (χ1) is 6.68. The molecule has 14 heavy (non-hydrogen) atoms. The number of furan rings is 1. The van der Waals surface area contributed by atoms with Crippen LogP contribution in [-0.2, 0) is 0 Å². The second-order valence-electron chi connectivity index (χ2n) is 3.64. The fraction of sp³-hybridized carbons (Fsp3) is 0.231. The predicted molar refractivity (Wildman–Crippen MR) is 58.4 cm³/mol. The molecule has 1 aromatic carbocycles. The van der Waals surface area contributed by atoms with Crippen molar-refractivity contribution in [3.05, 3.63) is 47.4 Å². The zero-order valence-electron chi connectivity index (χ0n) is 8.79. The molecule has 1 heteroatoms. The number of benzene rings is 1. The van der Waals surface area contributed by atoms with E-state index in [1.54, 1.807) is 0 Å². The average molecular weight is 186 g/mol. The van der Waals surface area contributed by atoms with E-state index in [-0.39, 0.29) is 0 Å². The van der Waals surface area contributed by atoms with Gasteiger partial charge in [-0.05, 0) is 38.0 Å². The fourth-order valence-corrected chi connectivity index (χ4v) is 1.77. The Morgan fingerprint density at radius 3 is 2.21 bits per heavy atom. The molecule has 0 N–H and O–H groups in total. The molecule has 72 valence electrons. The number of rotatable bonds is 1. The molecule has 1 heterocycles. The molecule has 0 aliphatic rings. The molecule has 0 saturated carbocycles. The quantitative estimate of drug-likeness (QED) is 0.658. The van der Waals surface area contributed by atoms with Crippen molar-refractivity contribution in [2.45, 2.75) is 20.8 Å². The van der Waals surface area contributed by atoms with Gasteiger partial charge in [-0.25, -0.2) is 0 Å². The second-order valence-corrected chi connectivity index (χ2v) is 3.64. The Bertz CT molecular complexity index is 452. The SMILES string of the molecule is Cc1cc(-c2ccccc2C)c(C)o1. The van der Waals surface area contributed by atoms with Crippen molar-refractivity contribution < 1.29 is 4.42 Å². The maximum absolute atomic E-state index is 5.52. The highest BCUT2D eigenvalue weighted by Crippen LogP contribution is 2.28. The van der Waals surface area contributed by atoms with E-state index in [1.807, 2.05) is 13.8 Å². The van der Waals surface area contributed by atoms with Crippen LogP contribution in [0.4, 0.5) is 0 Å². The zero-order chi connectivity index (χ0) is 10.1. The lowest BCUT2D eigenvalue weighted by atomic mass is 10.0. The highest BCUT2D eigenvalue weighted by atomic mass is 16.3. The maximum atomic E-state index is 5.52. The molecule has 0 bridgehead atoms. The molecule has 1 nitrogen and oxygen atoms in total. The van der Waals surface area contributed by atoms with Crippen LogP contribution in [-0.4, -0.2) is 0 Å². The second kappa shape index (κ2) is 3.33. The van der Waals surface area contributed by atoms with Crippen molar-refractivity contribution >= 4 is 0 Å². The van der Waals surface area contributed by atoms with Crippen LogP contribution in [0.15, 0.2) is 34.7 Å². The molecule has 0 atom stereocenters. The predicted octanol–water partition coefficient (Wildman–Crippen LogP) is 3.87. The number of hydrogen-bond donors (Lipinski definition) is 0. The van der Waals surface area contributed by atoms with Crippen LogP contribution in [0.3, 0.4) is 0 Å². The third-order valence-corrected chi connectivity index (χ3v) is 2.48. The average Bonchev–Trinajstić information content (AvgIpc) is 2.46. The van der Waals surface area contributed by atoms with Crippen LogP contribution in [0.1, 0.15) is 17.1 Å². The van der Waals surface area contributed by atoms with E-state index >= 15 is 0 Å². The van der Waals surface area contributed by atoms with E-state index in [9.17, 15) is 0 Å². The van der Waals surface area contributed by atoms with Gasteiger partial charge in [-0.3, -0.25) is 0 Å². The van der Waals surface area contributed by atoms with Crippen molar-refractivity contribution in [3.8, 4) is 11.1 Å². The Hall–Kier alpha value is -1.50. The first kappa shape index (κ1) is 9.07. The lowest BCUT2D eigenvalue weighted by Gasteiger charge is -2.02. The molecule has 0 fully saturated rings. The molecule has 0 aliphatic carbocycles. The number of hydrogen-bond acceptors (Lipinski definition) is 1. The molecular formula is C13H14O. The zero-order valence-corrected chi connectivity index (χ0v) is 8.79. The Labute approximate surface area is 84.4 Å². The standard InChI is InChI=1S/C13H14O/c1-9-6-4-5-7-12(9)13-8-10(2)14-11(13)3/h4-8H,1-3H3. The first-order valence-electron chi connectivity index (χ1n) is 4.81. The highest BCUT2D eigenvalue weighted by Gasteiger charge is 2.08. The van der Waals surface area contributed by atoms with Crippen LogP contribution in [0.5, 0.6) is 0 Å². The smallest absolute Gasteiger partial charge is 0.108 e. The van der Waals surface area contributed by atoms with Gasteiger partial charge in [0, 0.05) is 5.56 Å². The largest absolute Gasteiger partial charge is 0.466 e. The van der Waals surface area contributed by atoms with E-state index in [1.165, 1.54) is 16.7 Å². The lowest BCUT2D eigenvalue weighted by Crippen LogP contribution is -1.81. The summed E-state index contributed by atoms with van der Waals surface area (Å²) >= 11 is 0. The molecule has 2 aromatic rings. The van der Waals surface area contributed by atoms with Crippen LogP contribution in [0, 0.1) is 20.8 Å². The molecular weight excluding hydrogens is 172 g/mol. The van der Waals surface area contributed by atoms with Gasteiger partial charge >= 0.3 is 0 Å². The van der Waals surface area contributed by atoms with Crippen molar-refractivity contribution in [1.82, 2.24) is 0 Å². The summed E-state index contributed by atoms with van der Waals surface area (Å²) in [5, 5.41) is 0. The molecule has 2 rings (SSSR count).